The van der Waals surface area contributed by atoms with Gasteiger partial charge in [0.05, 0.1) is 5.56 Å². The molecular formula is C21H15F4N5O. The van der Waals surface area contributed by atoms with Crippen molar-refractivity contribution in [3.63, 3.8) is 0 Å². The molecule has 3 N–H and O–H groups in total. The van der Waals surface area contributed by atoms with Gasteiger partial charge in [-0.3, -0.25) is 4.79 Å². The van der Waals surface area contributed by atoms with Crippen molar-refractivity contribution in [2.24, 2.45) is 5.73 Å². The molecule has 0 spiro atoms. The number of anilines is 2. The number of hydrogen-bond acceptors (Lipinski definition) is 4. The van der Waals surface area contributed by atoms with E-state index in [9.17, 15) is 22.4 Å². The maximum absolute atomic E-state index is 13.8. The van der Waals surface area contributed by atoms with E-state index in [-0.39, 0.29) is 22.6 Å². The Hall–Kier alpha value is -3.95. The zero-order chi connectivity index (χ0) is 22.3. The second kappa shape index (κ2) is 7.38. The number of carbonyl (C=O) groups is 1. The summed E-state index contributed by atoms with van der Waals surface area (Å²) >= 11 is 0. The molecule has 31 heavy (non-hydrogen) atoms. The van der Waals surface area contributed by atoms with Crippen LogP contribution >= 0.6 is 0 Å². The Morgan fingerprint density at radius 1 is 1.06 bits per heavy atom. The molecule has 0 aliphatic heterocycles. The summed E-state index contributed by atoms with van der Waals surface area (Å²) in [6.07, 6.45) is -4.76. The number of hydrogen-bond donors (Lipinski definition) is 2. The Morgan fingerprint density at radius 2 is 1.71 bits per heavy atom. The van der Waals surface area contributed by atoms with E-state index in [0.717, 1.165) is 16.6 Å². The van der Waals surface area contributed by atoms with Gasteiger partial charge >= 0.3 is 6.18 Å². The van der Waals surface area contributed by atoms with E-state index in [0.29, 0.717) is 16.9 Å². The lowest BCUT2D eigenvalue weighted by atomic mass is 10.1. The summed E-state index contributed by atoms with van der Waals surface area (Å²) in [4.78, 5) is 15.5. The van der Waals surface area contributed by atoms with Gasteiger partial charge in [0.1, 0.15) is 11.6 Å². The highest BCUT2D eigenvalue weighted by Gasteiger charge is 2.39. The first-order chi connectivity index (χ1) is 14.6. The highest BCUT2D eigenvalue weighted by Crippen LogP contribution is 2.39. The van der Waals surface area contributed by atoms with E-state index in [2.05, 4.69) is 15.4 Å². The number of benzene rings is 2. The molecule has 158 valence electrons. The van der Waals surface area contributed by atoms with Crippen LogP contribution in [0.2, 0.25) is 0 Å². The Balaban J connectivity index is 1.90. The fraction of sp³-hybridized carbons (Fsp3) is 0.0952. The summed E-state index contributed by atoms with van der Waals surface area (Å²) in [6.45, 7) is 1.63. The third-order valence-electron chi connectivity index (χ3n) is 4.56. The number of aromatic nitrogens is 3. The van der Waals surface area contributed by atoms with Gasteiger partial charge in [0.15, 0.2) is 11.3 Å². The minimum absolute atomic E-state index is 0.0322. The van der Waals surface area contributed by atoms with Crippen LogP contribution in [0.15, 0.2) is 54.6 Å². The van der Waals surface area contributed by atoms with Crippen molar-refractivity contribution in [3.8, 4) is 11.1 Å². The van der Waals surface area contributed by atoms with Crippen molar-refractivity contribution in [2.75, 3.05) is 5.32 Å². The van der Waals surface area contributed by atoms with Gasteiger partial charge in [-0.1, -0.05) is 12.1 Å². The Morgan fingerprint density at radius 3 is 2.29 bits per heavy atom. The fourth-order valence-corrected chi connectivity index (χ4v) is 3.17. The molecule has 0 saturated carbocycles. The summed E-state index contributed by atoms with van der Waals surface area (Å²) in [5.41, 5.74) is 5.19. The second-order valence-electron chi connectivity index (χ2n) is 6.81. The van der Waals surface area contributed by atoms with Crippen LogP contribution in [-0.4, -0.2) is 20.5 Å². The number of nitrogens with one attached hydrogen (secondary N) is 1. The van der Waals surface area contributed by atoms with Gasteiger partial charge in [-0.05, 0) is 48.9 Å². The molecule has 2 aromatic heterocycles. The van der Waals surface area contributed by atoms with Crippen LogP contribution in [0.25, 0.3) is 16.8 Å². The number of nitrogens with zero attached hydrogens (tertiary/aromatic N) is 3. The average Bonchev–Trinajstić information content (AvgIpc) is 3.09. The van der Waals surface area contributed by atoms with Crippen molar-refractivity contribution >= 4 is 23.1 Å². The number of primary amides is 1. The monoisotopic (exact) mass is 429 g/mol. The minimum atomic E-state index is -4.76. The van der Waals surface area contributed by atoms with Crippen LogP contribution in [0.1, 0.15) is 21.7 Å². The van der Waals surface area contributed by atoms with Crippen LogP contribution in [0.3, 0.4) is 0 Å². The maximum Gasteiger partial charge on any atom is 0.435 e. The van der Waals surface area contributed by atoms with Crippen LogP contribution in [0.5, 0.6) is 0 Å². The van der Waals surface area contributed by atoms with Crippen LogP contribution in [0.4, 0.5) is 29.1 Å². The molecule has 0 atom stereocenters. The molecule has 0 aliphatic rings. The molecule has 0 radical (unpaired) electrons. The number of halogens is 4. The standard InChI is InChI=1S/C21H15F4N5O/c1-11-10-16(28-15-8-4-13(5-9-15)19(26)31)30-20(27-11)17(18(29-30)21(23,24)25)12-2-6-14(22)7-3-12/h2-10,28H,1H3,(H2,26,31). The lowest BCUT2D eigenvalue weighted by molar-refractivity contribution is -0.140. The molecule has 0 saturated heterocycles. The van der Waals surface area contributed by atoms with Crippen molar-refractivity contribution in [3.05, 3.63) is 77.4 Å². The van der Waals surface area contributed by atoms with Crippen LogP contribution in [0, 0.1) is 12.7 Å². The largest absolute Gasteiger partial charge is 0.435 e. The average molecular weight is 429 g/mol. The van der Waals surface area contributed by atoms with E-state index in [1.54, 1.807) is 19.1 Å². The molecule has 0 fully saturated rings. The van der Waals surface area contributed by atoms with Crippen molar-refractivity contribution in [2.45, 2.75) is 13.1 Å². The Bertz CT molecular complexity index is 1280. The number of aryl methyl sites for hydroxylation is 1. The Kier molecular flexibility index (Phi) is 4.84. The van der Waals surface area contributed by atoms with Gasteiger partial charge in [-0.25, -0.2) is 9.37 Å². The van der Waals surface area contributed by atoms with E-state index in [1.165, 1.54) is 30.3 Å². The lowest BCUT2D eigenvalue weighted by Gasteiger charge is -2.10. The smallest absolute Gasteiger partial charge is 0.366 e. The molecule has 6 nitrogen and oxygen atoms in total. The zero-order valence-electron chi connectivity index (χ0n) is 16.0. The van der Waals surface area contributed by atoms with E-state index in [1.807, 2.05) is 0 Å². The molecule has 4 aromatic rings. The van der Waals surface area contributed by atoms with E-state index in [4.69, 9.17) is 5.73 Å². The van der Waals surface area contributed by atoms with Crippen molar-refractivity contribution < 1.29 is 22.4 Å². The summed E-state index contributed by atoms with van der Waals surface area (Å²) in [5, 5.41) is 6.75. The first kappa shape index (κ1) is 20.3. The number of alkyl halides is 3. The maximum atomic E-state index is 13.8. The van der Waals surface area contributed by atoms with Gasteiger partial charge in [-0.15, -0.1) is 0 Å². The summed E-state index contributed by atoms with van der Waals surface area (Å²) < 4.78 is 55.7. The first-order valence-corrected chi connectivity index (χ1v) is 9.04. The molecule has 4 rings (SSSR count). The highest BCUT2D eigenvalue weighted by molar-refractivity contribution is 5.93. The molecular weight excluding hydrogens is 414 g/mol. The number of fused-ring (bicyclic) bond motifs is 1. The van der Waals surface area contributed by atoms with E-state index >= 15 is 0 Å². The number of carbonyl (C=O) groups excluding carboxylic acids is 1. The molecule has 0 bridgehead atoms. The van der Waals surface area contributed by atoms with Gasteiger partial charge in [0.25, 0.3) is 0 Å². The van der Waals surface area contributed by atoms with Crippen molar-refractivity contribution in [1.29, 1.82) is 0 Å². The number of nitrogens with two attached hydrogens (primary N) is 1. The van der Waals surface area contributed by atoms with E-state index < -0.39 is 23.6 Å². The predicted octanol–water partition coefficient (Wildman–Crippen LogP) is 4.71. The minimum Gasteiger partial charge on any atom is -0.366 e. The topological polar surface area (TPSA) is 85.3 Å². The molecule has 0 aliphatic carbocycles. The first-order valence-electron chi connectivity index (χ1n) is 9.04. The molecule has 2 aromatic carbocycles. The molecule has 2 heterocycles. The second-order valence-corrected chi connectivity index (χ2v) is 6.81. The SMILES string of the molecule is Cc1cc(Nc2ccc(C(N)=O)cc2)n2nc(C(F)(F)F)c(-c3ccc(F)cc3)c2n1. The van der Waals surface area contributed by atoms with Gasteiger partial charge < -0.3 is 11.1 Å². The summed E-state index contributed by atoms with van der Waals surface area (Å²) in [5.74, 6) is -0.938. The predicted molar refractivity (Wildman–Crippen MR) is 106 cm³/mol. The number of rotatable bonds is 4. The molecule has 10 heteroatoms. The number of amides is 1. The van der Waals surface area contributed by atoms with Crippen LogP contribution < -0.4 is 11.1 Å². The van der Waals surface area contributed by atoms with Gasteiger partial charge in [-0.2, -0.15) is 22.8 Å². The highest BCUT2D eigenvalue weighted by atomic mass is 19.4. The fourth-order valence-electron chi connectivity index (χ4n) is 3.17. The van der Waals surface area contributed by atoms with Crippen LogP contribution in [-0.2, 0) is 6.18 Å². The van der Waals surface area contributed by atoms with Gasteiger partial charge in [0, 0.05) is 23.0 Å². The van der Waals surface area contributed by atoms with Crippen molar-refractivity contribution in [1.82, 2.24) is 14.6 Å². The zero-order valence-corrected chi connectivity index (χ0v) is 16.0. The molecule has 0 unspecified atom stereocenters. The lowest BCUT2D eigenvalue weighted by Crippen LogP contribution is -2.10. The summed E-state index contributed by atoms with van der Waals surface area (Å²) in [6, 6.07) is 12.3. The van der Waals surface area contributed by atoms with Gasteiger partial charge in [0.2, 0.25) is 5.91 Å². The molecule has 1 amide bonds. The third kappa shape index (κ3) is 3.91. The Labute approximate surface area is 173 Å². The third-order valence-corrected chi connectivity index (χ3v) is 4.56. The quantitative estimate of drug-likeness (QED) is 0.461. The normalized spacial score (nSPS) is 11.6. The summed E-state index contributed by atoms with van der Waals surface area (Å²) in [7, 11) is 0.